The van der Waals surface area contributed by atoms with Crippen molar-refractivity contribution in [3.8, 4) is 0 Å². The quantitative estimate of drug-likeness (QED) is 0.870. The number of carbonyl (C=O) groups excluding carboxylic acids is 1. The smallest absolute Gasteiger partial charge is 0.256 e. The summed E-state index contributed by atoms with van der Waals surface area (Å²) >= 11 is 0. The van der Waals surface area contributed by atoms with Crippen LogP contribution in [0, 0.1) is 19.7 Å². The van der Waals surface area contributed by atoms with Gasteiger partial charge in [0.25, 0.3) is 5.91 Å². The number of nitrogens with one attached hydrogen (secondary N) is 2. The lowest BCUT2D eigenvalue weighted by molar-refractivity contribution is 0.102. The molecule has 0 bridgehead atoms. The molecule has 0 aromatic heterocycles. The van der Waals surface area contributed by atoms with Crippen LogP contribution in [0.15, 0.2) is 41.3 Å². The van der Waals surface area contributed by atoms with Crippen molar-refractivity contribution in [2.75, 3.05) is 11.9 Å². The van der Waals surface area contributed by atoms with Crippen molar-refractivity contribution < 1.29 is 17.6 Å². The Balaban J connectivity index is 2.35. The van der Waals surface area contributed by atoms with Crippen molar-refractivity contribution in [2.24, 2.45) is 0 Å². The van der Waals surface area contributed by atoms with Crippen LogP contribution in [0.5, 0.6) is 0 Å². The number of amides is 1. The van der Waals surface area contributed by atoms with Gasteiger partial charge in [-0.2, -0.15) is 0 Å². The third-order valence-electron chi connectivity index (χ3n) is 3.47. The summed E-state index contributed by atoms with van der Waals surface area (Å²) in [5.41, 5.74) is 1.55. The van der Waals surface area contributed by atoms with E-state index in [9.17, 15) is 17.6 Å². The Morgan fingerprint density at radius 3 is 2.46 bits per heavy atom. The average molecular weight is 350 g/mol. The highest BCUT2D eigenvalue weighted by Crippen LogP contribution is 2.20. The second-order valence-electron chi connectivity index (χ2n) is 5.42. The maximum atomic E-state index is 13.9. The molecule has 128 valence electrons. The number of aryl methyl sites for hydroxylation is 2. The Bertz CT molecular complexity index is 879. The van der Waals surface area contributed by atoms with E-state index in [0.29, 0.717) is 5.56 Å². The number of anilines is 1. The van der Waals surface area contributed by atoms with E-state index < -0.39 is 21.7 Å². The molecule has 0 saturated heterocycles. The summed E-state index contributed by atoms with van der Waals surface area (Å²) in [6.45, 7) is 5.34. The van der Waals surface area contributed by atoms with Crippen molar-refractivity contribution in [3.63, 3.8) is 0 Å². The molecule has 0 unspecified atom stereocenters. The minimum atomic E-state index is -3.67. The summed E-state index contributed by atoms with van der Waals surface area (Å²) in [6.07, 6.45) is 0. The third kappa shape index (κ3) is 3.98. The molecule has 0 aliphatic carbocycles. The molecule has 0 heterocycles. The van der Waals surface area contributed by atoms with E-state index in [1.165, 1.54) is 24.3 Å². The van der Waals surface area contributed by atoms with Crippen molar-refractivity contribution in [2.45, 2.75) is 25.7 Å². The SMILES string of the molecule is CCNS(=O)(=O)c1ccc(C)c(C(=O)Nc2ccc(C)cc2F)c1. The fourth-order valence-corrected chi connectivity index (χ4v) is 3.26. The van der Waals surface area contributed by atoms with Crippen molar-refractivity contribution in [3.05, 3.63) is 58.9 Å². The van der Waals surface area contributed by atoms with E-state index in [-0.39, 0.29) is 22.7 Å². The van der Waals surface area contributed by atoms with Crippen LogP contribution in [-0.2, 0) is 10.0 Å². The summed E-state index contributed by atoms with van der Waals surface area (Å²) in [6, 6.07) is 8.72. The second kappa shape index (κ2) is 7.11. The number of halogens is 1. The molecule has 0 spiro atoms. The topological polar surface area (TPSA) is 75.3 Å². The maximum absolute atomic E-state index is 13.9. The van der Waals surface area contributed by atoms with Gasteiger partial charge in [-0.25, -0.2) is 17.5 Å². The molecule has 0 aliphatic heterocycles. The Kier molecular flexibility index (Phi) is 5.36. The predicted molar refractivity (Wildman–Crippen MR) is 91.1 cm³/mol. The number of sulfonamides is 1. The van der Waals surface area contributed by atoms with Gasteiger partial charge in [0, 0.05) is 12.1 Å². The van der Waals surface area contributed by atoms with Gasteiger partial charge in [0.1, 0.15) is 5.82 Å². The Morgan fingerprint density at radius 1 is 1.12 bits per heavy atom. The fourth-order valence-electron chi connectivity index (χ4n) is 2.20. The first-order valence-corrected chi connectivity index (χ1v) is 8.90. The highest BCUT2D eigenvalue weighted by atomic mass is 32.2. The van der Waals surface area contributed by atoms with Gasteiger partial charge in [-0.05, 0) is 49.2 Å². The van der Waals surface area contributed by atoms with Crippen LogP contribution in [0.25, 0.3) is 0 Å². The average Bonchev–Trinajstić information content (AvgIpc) is 2.50. The summed E-state index contributed by atoms with van der Waals surface area (Å²) in [5, 5.41) is 2.48. The molecule has 5 nitrogen and oxygen atoms in total. The summed E-state index contributed by atoms with van der Waals surface area (Å²) in [7, 11) is -3.67. The van der Waals surface area contributed by atoms with Crippen LogP contribution in [0.1, 0.15) is 28.4 Å². The van der Waals surface area contributed by atoms with Gasteiger partial charge in [-0.1, -0.05) is 19.1 Å². The van der Waals surface area contributed by atoms with Crippen LogP contribution in [0.2, 0.25) is 0 Å². The first kappa shape index (κ1) is 18.1. The molecular formula is C17H19FN2O3S. The lowest BCUT2D eigenvalue weighted by Gasteiger charge is -2.11. The zero-order valence-electron chi connectivity index (χ0n) is 13.7. The summed E-state index contributed by atoms with van der Waals surface area (Å²) < 4.78 is 40.4. The Labute approximate surface area is 141 Å². The Morgan fingerprint density at radius 2 is 1.83 bits per heavy atom. The second-order valence-corrected chi connectivity index (χ2v) is 7.18. The van der Waals surface area contributed by atoms with Gasteiger partial charge in [-0.3, -0.25) is 4.79 Å². The van der Waals surface area contributed by atoms with Gasteiger partial charge in [0.15, 0.2) is 0 Å². The number of carbonyl (C=O) groups is 1. The molecule has 1 amide bonds. The van der Waals surface area contributed by atoms with Crippen molar-refractivity contribution in [1.82, 2.24) is 4.72 Å². The molecule has 7 heteroatoms. The van der Waals surface area contributed by atoms with E-state index in [0.717, 1.165) is 5.56 Å². The fraction of sp³-hybridized carbons (Fsp3) is 0.235. The van der Waals surface area contributed by atoms with E-state index in [2.05, 4.69) is 10.0 Å². The molecule has 0 saturated carbocycles. The molecule has 2 aromatic carbocycles. The van der Waals surface area contributed by atoms with Crippen LogP contribution in [-0.4, -0.2) is 20.9 Å². The first-order chi connectivity index (χ1) is 11.2. The molecular weight excluding hydrogens is 331 g/mol. The van der Waals surface area contributed by atoms with E-state index in [1.54, 1.807) is 32.9 Å². The van der Waals surface area contributed by atoms with Crippen LogP contribution in [0.3, 0.4) is 0 Å². The number of rotatable bonds is 5. The molecule has 0 radical (unpaired) electrons. The summed E-state index contributed by atoms with van der Waals surface area (Å²) in [5.74, 6) is -1.11. The minimum absolute atomic E-state index is 0.00974. The highest BCUT2D eigenvalue weighted by Gasteiger charge is 2.18. The third-order valence-corrected chi connectivity index (χ3v) is 5.01. The lowest BCUT2D eigenvalue weighted by atomic mass is 10.1. The molecule has 0 aliphatic rings. The zero-order chi connectivity index (χ0) is 17.9. The molecule has 2 rings (SSSR count). The summed E-state index contributed by atoms with van der Waals surface area (Å²) in [4.78, 5) is 12.4. The number of benzene rings is 2. The molecule has 0 atom stereocenters. The van der Waals surface area contributed by atoms with Crippen LogP contribution in [0.4, 0.5) is 10.1 Å². The lowest BCUT2D eigenvalue weighted by Crippen LogP contribution is -2.24. The van der Waals surface area contributed by atoms with E-state index in [1.807, 2.05) is 0 Å². The maximum Gasteiger partial charge on any atom is 0.256 e. The molecule has 2 N–H and O–H groups in total. The highest BCUT2D eigenvalue weighted by molar-refractivity contribution is 7.89. The zero-order valence-corrected chi connectivity index (χ0v) is 14.5. The van der Waals surface area contributed by atoms with Crippen molar-refractivity contribution in [1.29, 1.82) is 0 Å². The van der Waals surface area contributed by atoms with Gasteiger partial charge >= 0.3 is 0 Å². The van der Waals surface area contributed by atoms with E-state index >= 15 is 0 Å². The first-order valence-electron chi connectivity index (χ1n) is 7.42. The molecule has 24 heavy (non-hydrogen) atoms. The van der Waals surface area contributed by atoms with Gasteiger partial charge in [0.05, 0.1) is 10.6 Å². The molecule has 2 aromatic rings. The van der Waals surface area contributed by atoms with Crippen molar-refractivity contribution >= 4 is 21.6 Å². The normalized spacial score (nSPS) is 11.3. The standard InChI is InChI=1S/C17H19FN2O3S/c1-4-19-24(22,23)13-7-6-12(3)14(10-13)17(21)20-16-8-5-11(2)9-15(16)18/h5-10,19H,4H2,1-3H3,(H,20,21). The Hall–Kier alpha value is -2.25. The minimum Gasteiger partial charge on any atom is -0.319 e. The largest absolute Gasteiger partial charge is 0.319 e. The monoisotopic (exact) mass is 350 g/mol. The number of hydrogen-bond donors (Lipinski definition) is 2. The van der Waals surface area contributed by atoms with Crippen LogP contribution >= 0.6 is 0 Å². The van der Waals surface area contributed by atoms with Gasteiger partial charge in [-0.15, -0.1) is 0 Å². The number of hydrogen-bond acceptors (Lipinski definition) is 3. The van der Waals surface area contributed by atoms with Gasteiger partial charge in [0.2, 0.25) is 10.0 Å². The van der Waals surface area contributed by atoms with Crippen LogP contribution < -0.4 is 10.0 Å². The predicted octanol–water partition coefficient (Wildman–Crippen LogP) is 2.99. The molecule has 0 fully saturated rings. The van der Waals surface area contributed by atoms with Gasteiger partial charge < -0.3 is 5.32 Å². The van der Waals surface area contributed by atoms with E-state index in [4.69, 9.17) is 0 Å².